The van der Waals surface area contributed by atoms with Crippen LogP contribution in [0.2, 0.25) is 0 Å². The maximum Gasteiger partial charge on any atom is 0.170 e. The Labute approximate surface area is 127 Å². The van der Waals surface area contributed by atoms with Gasteiger partial charge in [0.2, 0.25) is 0 Å². The Bertz CT molecular complexity index is 440. The van der Waals surface area contributed by atoms with Gasteiger partial charge in [-0.3, -0.25) is 0 Å². The molecule has 1 N–H and O–H groups in total. The third kappa shape index (κ3) is 4.16. The largest absolute Gasteiger partial charge is 0.354 e. The van der Waals surface area contributed by atoms with Crippen molar-refractivity contribution in [1.29, 1.82) is 0 Å². The fourth-order valence-electron chi connectivity index (χ4n) is 3.01. The highest BCUT2D eigenvalue weighted by molar-refractivity contribution is 5.43. The Hall–Kier alpha value is -1.16. The van der Waals surface area contributed by atoms with Gasteiger partial charge in [-0.05, 0) is 43.7 Å². The minimum absolute atomic E-state index is 0.149. The number of pyridine rings is 1. The van der Waals surface area contributed by atoms with E-state index in [4.69, 9.17) is 0 Å². The summed E-state index contributed by atoms with van der Waals surface area (Å²) in [7, 11) is 0. The van der Waals surface area contributed by atoms with Crippen LogP contribution in [0.4, 0.5) is 10.2 Å². The molecule has 3 nitrogen and oxygen atoms in total. The molecule has 0 amide bonds. The lowest BCUT2D eigenvalue weighted by atomic mass is 9.87. The first-order valence-electron chi connectivity index (χ1n) is 8.22. The summed E-state index contributed by atoms with van der Waals surface area (Å²) >= 11 is 0. The van der Waals surface area contributed by atoms with Crippen LogP contribution < -0.4 is 10.2 Å². The summed E-state index contributed by atoms with van der Waals surface area (Å²) in [5, 5.41) is 3.26. The molecular weight excluding hydrogens is 265 g/mol. The van der Waals surface area contributed by atoms with Gasteiger partial charge in [-0.1, -0.05) is 20.8 Å². The lowest BCUT2D eigenvalue weighted by Crippen LogP contribution is -2.36. The number of aromatic nitrogens is 1. The fraction of sp³-hybridized carbons (Fsp3) is 0.706. The number of nitrogens with zero attached hydrogens (tertiary/aromatic N) is 2. The summed E-state index contributed by atoms with van der Waals surface area (Å²) in [4.78, 5) is 6.39. The highest BCUT2D eigenvalue weighted by atomic mass is 19.1. The van der Waals surface area contributed by atoms with E-state index in [1.807, 2.05) is 0 Å². The zero-order valence-corrected chi connectivity index (χ0v) is 13.5. The van der Waals surface area contributed by atoms with E-state index in [2.05, 4.69) is 36.0 Å². The standard InChI is InChI=1S/C17H28FN3/c1-4-8-19-12-15-5-9-20-17(16(15)18)21-10-6-14(7-11-21)13(2)3/h5,9,13-14,19H,4,6-8,10-12H2,1-3H3. The second-order valence-corrected chi connectivity index (χ2v) is 6.35. The number of piperidine rings is 1. The molecule has 0 unspecified atom stereocenters. The maximum absolute atomic E-state index is 14.6. The van der Waals surface area contributed by atoms with Crippen LogP contribution in [0.25, 0.3) is 0 Å². The van der Waals surface area contributed by atoms with Gasteiger partial charge >= 0.3 is 0 Å². The lowest BCUT2D eigenvalue weighted by molar-refractivity contribution is 0.309. The maximum atomic E-state index is 14.6. The van der Waals surface area contributed by atoms with Crippen molar-refractivity contribution in [3.05, 3.63) is 23.6 Å². The highest BCUT2D eigenvalue weighted by Crippen LogP contribution is 2.28. The monoisotopic (exact) mass is 293 g/mol. The van der Waals surface area contributed by atoms with Gasteiger partial charge in [0.05, 0.1) is 0 Å². The van der Waals surface area contributed by atoms with Crippen molar-refractivity contribution < 1.29 is 4.39 Å². The van der Waals surface area contributed by atoms with Crippen molar-refractivity contribution >= 4 is 5.82 Å². The number of hydrogen-bond acceptors (Lipinski definition) is 3. The third-order valence-electron chi connectivity index (χ3n) is 4.47. The lowest BCUT2D eigenvalue weighted by Gasteiger charge is -2.34. The highest BCUT2D eigenvalue weighted by Gasteiger charge is 2.24. The molecule has 1 aliphatic rings. The van der Waals surface area contributed by atoms with Gasteiger partial charge in [-0.25, -0.2) is 9.37 Å². The first kappa shape index (κ1) is 16.2. The van der Waals surface area contributed by atoms with Crippen molar-refractivity contribution in [2.45, 2.75) is 46.6 Å². The van der Waals surface area contributed by atoms with E-state index in [0.717, 1.165) is 56.3 Å². The van der Waals surface area contributed by atoms with Crippen LogP contribution in [0.1, 0.15) is 45.6 Å². The molecule has 4 heteroatoms. The molecule has 21 heavy (non-hydrogen) atoms. The zero-order valence-electron chi connectivity index (χ0n) is 13.5. The molecule has 118 valence electrons. The molecule has 1 aromatic heterocycles. The van der Waals surface area contributed by atoms with E-state index in [9.17, 15) is 4.39 Å². The molecule has 0 aliphatic carbocycles. The van der Waals surface area contributed by atoms with E-state index in [0.29, 0.717) is 12.4 Å². The Morgan fingerprint density at radius 1 is 1.38 bits per heavy atom. The Morgan fingerprint density at radius 2 is 2.10 bits per heavy atom. The predicted octanol–water partition coefficient (Wildman–Crippen LogP) is 3.59. The summed E-state index contributed by atoms with van der Waals surface area (Å²) in [6, 6.07) is 1.78. The molecule has 1 aliphatic heterocycles. The second kappa shape index (κ2) is 7.74. The minimum atomic E-state index is -0.149. The molecule has 2 heterocycles. The smallest absolute Gasteiger partial charge is 0.170 e. The summed E-state index contributed by atoms with van der Waals surface area (Å²) in [5.41, 5.74) is 0.722. The third-order valence-corrected chi connectivity index (χ3v) is 4.47. The molecule has 0 bridgehead atoms. The van der Waals surface area contributed by atoms with Crippen LogP contribution in [0.5, 0.6) is 0 Å². The number of nitrogens with one attached hydrogen (secondary N) is 1. The van der Waals surface area contributed by atoms with Gasteiger partial charge in [0, 0.05) is 31.4 Å². The summed E-state index contributed by atoms with van der Waals surface area (Å²) < 4.78 is 14.6. The van der Waals surface area contributed by atoms with Crippen LogP contribution in [-0.4, -0.2) is 24.6 Å². The van der Waals surface area contributed by atoms with E-state index < -0.39 is 0 Å². The number of anilines is 1. The molecule has 0 atom stereocenters. The first-order valence-corrected chi connectivity index (χ1v) is 8.22. The normalized spacial score (nSPS) is 16.7. The summed E-state index contributed by atoms with van der Waals surface area (Å²) in [5.74, 6) is 1.87. The topological polar surface area (TPSA) is 28.2 Å². The van der Waals surface area contributed by atoms with Crippen LogP contribution in [-0.2, 0) is 6.54 Å². The van der Waals surface area contributed by atoms with E-state index in [1.54, 1.807) is 12.3 Å². The molecule has 0 radical (unpaired) electrons. The van der Waals surface area contributed by atoms with Crippen molar-refractivity contribution in [1.82, 2.24) is 10.3 Å². The molecule has 1 saturated heterocycles. The van der Waals surface area contributed by atoms with Gasteiger partial charge in [0.1, 0.15) is 0 Å². The molecule has 0 spiro atoms. The van der Waals surface area contributed by atoms with Gasteiger partial charge in [0.25, 0.3) is 0 Å². The summed E-state index contributed by atoms with van der Waals surface area (Å²) in [6.45, 7) is 9.99. The van der Waals surface area contributed by atoms with Crippen molar-refractivity contribution in [3.63, 3.8) is 0 Å². The van der Waals surface area contributed by atoms with Gasteiger partial charge in [0.15, 0.2) is 11.6 Å². The minimum Gasteiger partial charge on any atom is -0.354 e. The molecule has 0 aromatic carbocycles. The molecule has 2 rings (SSSR count). The SMILES string of the molecule is CCCNCc1ccnc(N2CCC(C(C)C)CC2)c1F. The van der Waals surface area contributed by atoms with Crippen LogP contribution >= 0.6 is 0 Å². The van der Waals surface area contributed by atoms with Gasteiger partial charge in [-0.2, -0.15) is 0 Å². The number of hydrogen-bond donors (Lipinski definition) is 1. The van der Waals surface area contributed by atoms with Crippen molar-refractivity contribution in [2.75, 3.05) is 24.5 Å². The molecule has 1 aromatic rings. The van der Waals surface area contributed by atoms with Gasteiger partial charge < -0.3 is 10.2 Å². The van der Waals surface area contributed by atoms with Gasteiger partial charge in [-0.15, -0.1) is 0 Å². The van der Waals surface area contributed by atoms with Crippen LogP contribution in [0.3, 0.4) is 0 Å². The molecule has 1 fully saturated rings. The average molecular weight is 293 g/mol. The van der Waals surface area contributed by atoms with Crippen LogP contribution in [0.15, 0.2) is 12.3 Å². The summed E-state index contributed by atoms with van der Waals surface area (Å²) in [6.07, 6.45) is 5.06. The zero-order chi connectivity index (χ0) is 15.2. The van der Waals surface area contributed by atoms with E-state index >= 15 is 0 Å². The van der Waals surface area contributed by atoms with E-state index in [1.165, 1.54) is 0 Å². The average Bonchev–Trinajstić information content (AvgIpc) is 2.49. The predicted molar refractivity (Wildman–Crippen MR) is 86.0 cm³/mol. The Kier molecular flexibility index (Phi) is 5.97. The quantitative estimate of drug-likeness (QED) is 0.812. The molecular formula is C17H28FN3. The molecule has 0 saturated carbocycles. The second-order valence-electron chi connectivity index (χ2n) is 6.35. The fourth-order valence-corrected chi connectivity index (χ4v) is 3.01. The Morgan fingerprint density at radius 3 is 2.71 bits per heavy atom. The number of rotatable bonds is 6. The van der Waals surface area contributed by atoms with Crippen molar-refractivity contribution in [2.24, 2.45) is 11.8 Å². The van der Waals surface area contributed by atoms with E-state index in [-0.39, 0.29) is 5.82 Å². The van der Waals surface area contributed by atoms with Crippen LogP contribution in [0, 0.1) is 17.7 Å². The number of halogens is 1. The van der Waals surface area contributed by atoms with Crippen molar-refractivity contribution in [3.8, 4) is 0 Å². The first-order chi connectivity index (χ1) is 10.1. The Balaban J connectivity index is 2.02.